The molecule has 0 radical (unpaired) electrons. The van der Waals surface area contributed by atoms with Crippen LogP contribution in [-0.4, -0.2) is 42.0 Å². The van der Waals surface area contributed by atoms with E-state index in [0.717, 1.165) is 24.8 Å². The number of carbonyl (C=O) groups excluding carboxylic acids is 1. The number of rotatable bonds is 6. The molecule has 0 bridgehead atoms. The zero-order valence-electron chi connectivity index (χ0n) is 14.0. The highest BCUT2D eigenvalue weighted by Gasteiger charge is 2.20. The molecule has 1 aliphatic rings. The number of carboxylic acid groups (broad SMARTS) is 1. The highest BCUT2D eigenvalue weighted by molar-refractivity contribution is 5.93. The molecule has 7 nitrogen and oxygen atoms in total. The summed E-state index contributed by atoms with van der Waals surface area (Å²) in [5.74, 6) is -0.352. The van der Waals surface area contributed by atoms with Gasteiger partial charge in [-0.1, -0.05) is 19.1 Å². The average molecular weight is 336 g/mol. The first-order chi connectivity index (χ1) is 11.5. The lowest BCUT2D eigenvalue weighted by molar-refractivity contribution is -0.186. The van der Waals surface area contributed by atoms with E-state index in [1.807, 2.05) is 6.92 Å². The smallest absolute Gasteiger partial charge is 0.407 e. The number of hydrogen-bond acceptors (Lipinski definition) is 4. The Bertz CT molecular complexity index is 555. The topological polar surface area (TPSA) is 88.1 Å². The Hall–Kier alpha value is -2.12. The number of hydroxylamine groups is 1. The van der Waals surface area contributed by atoms with Gasteiger partial charge in [0.2, 0.25) is 0 Å². The Morgan fingerprint density at radius 3 is 2.62 bits per heavy atom. The lowest BCUT2D eigenvalue weighted by Gasteiger charge is -2.25. The van der Waals surface area contributed by atoms with E-state index in [2.05, 4.69) is 5.48 Å². The second kappa shape index (κ2) is 8.65. The van der Waals surface area contributed by atoms with Crippen LogP contribution >= 0.6 is 0 Å². The summed E-state index contributed by atoms with van der Waals surface area (Å²) in [6.07, 6.45) is 2.07. The highest BCUT2D eigenvalue weighted by atomic mass is 16.8. The Morgan fingerprint density at radius 1 is 1.38 bits per heavy atom. The molecule has 1 aliphatic heterocycles. The normalized spacial score (nSPS) is 18.7. The van der Waals surface area contributed by atoms with E-state index >= 15 is 0 Å². The van der Waals surface area contributed by atoms with Crippen LogP contribution in [-0.2, 0) is 9.57 Å². The third-order valence-corrected chi connectivity index (χ3v) is 4.13. The first kappa shape index (κ1) is 18.2. The standard InChI is InChI=1S/C17H24N2O5/c1-3-14(19(2)17(21)22)12-7-9-13(10-8-12)16(20)18-24-15-6-4-5-11-23-15/h7-10,14-15H,3-6,11H2,1-2H3,(H,18,20)(H,21,22). The maximum absolute atomic E-state index is 12.1. The van der Waals surface area contributed by atoms with Crippen LogP contribution in [0.1, 0.15) is 54.6 Å². The van der Waals surface area contributed by atoms with Gasteiger partial charge in [-0.25, -0.2) is 15.1 Å². The summed E-state index contributed by atoms with van der Waals surface area (Å²) < 4.78 is 5.38. The van der Waals surface area contributed by atoms with Crippen LogP contribution in [0.3, 0.4) is 0 Å². The van der Waals surface area contributed by atoms with Crippen molar-refractivity contribution in [2.24, 2.45) is 0 Å². The molecule has 1 aromatic rings. The Morgan fingerprint density at radius 2 is 2.08 bits per heavy atom. The minimum Gasteiger partial charge on any atom is -0.465 e. The first-order valence-electron chi connectivity index (χ1n) is 8.16. The van der Waals surface area contributed by atoms with Gasteiger partial charge in [-0.05, 0) is 37.0 Å². The first-order valence-corrected chi connectivity index (χ1v) is 8.16. The third kappa shape index (κ3) is 4.69. The monoisotopic (exact) mass is 336 g/mol. The molecule has 2 N–H and O–H groups in total. The fourth-order valence-electron chi connectivity index (χ4n) is 2.71. The van der Waals surface area contributed by atoms with Gasteiger partial charge in [-0.2, -0.15) is 0 Å². The number of nitrogens with one attached hydrogen (secondary N) is 1. The van der Waals surface area contributed by atoms with Crippen LogP contribution in [0.25, 0.3) is 0 Å². The summed E-state index contributed by atoms with van der Waals surface area (Å²) >= 11 is 0. The van der Waals surface area contributed by atoms with Crippen LogP contribution in [0.4, 0.5) is 4.79 Å². The van der Waals surface area contributed by atoms with E-state index in [1.165, 1.54) is 11.9 Å². The van der Waals surface area contributed by atoms with Gasteiger partial charge in [0, 0.05) is 25.6 Å². The molecular weight excluding hydrogens is 312 g/mol. The van der Waals surface area contributed by atoms with Crippen LogP contribution in [0, 0.1) is 0 Å². The molecule has 24 heavy (non-hydrogen) atoms. The fourth-order valence-corrected chi connectivity index (χ4v) is 2.71. The second-order valence-corrected chi connectivity index (χ2v) is 5.78. The molecule has 2 atom stereocenters. The highest BCUT2D eigenvalue weighted by Crippen LogP contribution is 2.23. The zero-order chi connectivity index (χ0) is 17.5. The van der Waals surface area contributed by atoms with Crippen LogP contribution in [0.15, 0.2) is 24.3 Å². The predicted octanol–water partition coefficient (Wildman–Crippen LogP) is 2.94. The molecule has 1 saturated heterocycles. The second-order valence-electron chi connectivity index (χ2n) is 5.78. The zero-order valence-corrected chi connectivity index (χ0v) is 14.0. The van der Waals surface area contributed by atoms with E-state index in [9.17, 15) is 9.59 Å². The van der Waals surface area contributed by atoms with Crippen molar-refractivity contribution in [2.45, 2.75) is 44.9 Å². The summed E-state index contributed by atoms with van der Waals surface area (Å²) in [4.78, 5) is 29.7. The molecule has 2 rings (SSSR count). The van der Waals surface area contributed by atoms with Gasteiger partial charge < -0.3 is 14.7 Å². The summed E-state index contributed by atoms with van der Waals surface area (Å²) in [5.41, 5.74) is 3.69. The van der Waals surface area contributed by atoms with Gasteiger partial charge in [0.1, 0.15) is 0 Å². The summed E-state index contributed by atoms with van der Waals surface area (Å²) in [6.45, 7) is 2.56. The molecular formula is C17H24N2O5. The number of amides is 2. The number of benzene rings is 1. The van der Waals surface area contributed by atoms with Gasteiger partial charge >= 0.3 is 6.09 Å². The molecule has 1 fully saturated rings. The molecule has 7 heteroatoms. The van der Waals surface area contributed by atoms with Crippen molar-refractivity contribution < 1.29 is 24.3 Å². The van der Waals surface area contributed by atoms with Crippen molar-refractivity contribution in [3.8, 4) is 0 Å². The van der Waals surface area contributed by atoms with E-state index < -0.39 is 12.4 Å². The Kier molecular flexibility index (Phi) is 6.57. The predicted molar refractivity (Wildman–Crippen MR) is 87.4 cm³/mol. The quantitative estimate of drug-likeness (QED) is 0.780. The SMILES string of the molecule is CCC(c1ccc(C(=O)NOC2CCCCO2)cc1)N(C)C(=O)O. The molecule has 0 saturated carbocycles. The van der Waals surface area contributed by atoms with Gasteiger partial charge in [-0.3, -0.25) is 4.79 Å². The number of ether oxygens (including phenoxy) is 1. The van der Waals surface area contributed by atoms with Crippen molar-refractivity contribution in [3.05, 3.63) is 35.4 Å². The largest absolute Gasteiger partial charge is 0.465 e. The van der Waals surface area contributed by atoms with Crippen LogP contribution in [0.5, 0.6) is 0 Å². The molecule has 0 aliphatic carbocycles. The van der Waals surface area contributed by atoms with Crippen LogP contribution in [0.2, 0.25) is 0 Å². The maximum Gasteiger partial charge on any atom is 0.407 e. The molecule has 1 aromatic carbocycles. The minimum absolute atomic E-state index is 0.244. The summed E-state index contributed by atoms with van der Waals surface area (Å²) in [7, 11) is 1.54. The number of hydrogen-bond donors (Lipinski definition) is 2. The van der Waals surface area contributed by atoms with Gasteiger partial charge in [0.05, 0.1) is 6.04 Å². The van der Waals surface area contributed by atoms with Gasteiger partial charge in [0.15, 0.2) is 6.29 Å². The average Bonchev–Trinajstić information content (AvgIpc) is 2.61. The Labute approximate surface area is 141 Å². The molecule has 132 valence electrons. The maximum atomic E-state index is 12.1. The van der Waals surface area contributed by atoms with Gasteiger partial charge in [-0.15, -0.1) is 0 Å². The minimum atomic E-state index is -0.982. The third-order valence-electron chi connectivity index (χ3n) is 4.13. The molecule has 0 aromatic heterocycles. The van der Waals surface area contributed by atoms with Crippen molar-refractivity contribution in [3.63, 3.8) is 0 Å². The van der Waals surface area contributed by atoms with E-state index in [1.54, 1.807) is 24.3 Å². The van der Waals surface area contributed by atoms with E-state index in [-0.39, 0.29) is 11.9 Å². The molecule has 2 amide bonds. The lowest BCUT2D eigenvalue weighted by atomic mass is 10.0. The molecule has 0 spiro atoms. The Balaban J connectivity index is 1.94. The molecule has 2 unspecified atom stereocenters. The number of nitrogens with zero attached hydrogens (tertiary/aromatic N) is 1. The van der Waals surface area contributed by atoms with Crippen molar-refractivity contribution >= 4 is 12.0 Å². The van der Waals surface area contributed by atoms with E-state index in [4.69, 9.17) is 14.7 Å². The summed E-state index contributed by atoms with van der Waals surface area (Å²) in [5, 5.41) is 9.11. The van der Waals surface area contributed by atoms with Crippen molar-refractivity contribution in [1.82, 2.24) is 10.4 Å². The van der Waals surface area contributed by atoms with Crippen molar-refractivity contribution in [2.75, 3.05) is 13.7 Å². The number of carbonyl (C=O) groups is 2. The van der Waals surface area contributed by atoms with Gasteiger partial charge in [0.25, 0.3) is 5.91 Å². The van der Waals surface area contributed by atoms with E-state index in [0.29, 0.717) is 18.6 Å². The van der Waals surface area contributed by atoms with Crippen molar-refractivity contribution in [1.29, 1.82) is 0 Å². The fraction of sp³-hybridized carbons (Fsp3) is 0.529. The summed E-state index contributed by atoms with van der Waals surface area (Å²) in [6, 6.07) is 6.60. The van der Waals surface area contributed by atoms with Crippen LogP contribution < -0.4 is 5.48 Å². The lowest BCUT2D eigenvalue weighted by Crippen LogP contribution is -2.33. The molecule has 1 heterocycles.